The van der Waals surface area contributed by atoms with Crippen LogP contribution in [0, 0.1) is 0 Å². The van der Waals surface area contributed by atoms with Crippen LogP contribution in [0.3, 0.4) is 0 Å². The molecule has 0 spiro atoms. The van der Waals surface area contributed by atoms with Crippen molar-refractivity contribution in [2.45, 2.75) is 39.5 Å². The van der Waals surface area contributed by atoms with E-state index in [1.165, 1.54) is 4.90 Å². The summed E-state index contributed by atoms with van der Waals surface area (Å²) in [6, 6.07) is 12.5. The maximum absolute atomic E-state index is 12.5. The number of ether oxygens (including phenoxy) is 1. The fourth-order valence-electron chi connectivity index (χ4n) is 2.05. The van der Waals surface area contributed by atoms with Gasteiger partial charge in [-0.15, -0.1) is 0 Å². The molecule has 0 aliphatic rings. The van der Waals surface area contributed by atoms with Gasteiger partial charge in [0, 0.05) is 11.8 Å². The molecule has 0 saturated carbocycles. The lowest BCUT2D eigenvalue weighted by Gasteiger charge is -2.27. The number of carbonyl (C=O) groups excluding carboxylic acids is 1. The lowest BCUT2D eigenvalue weighted by Crippen LogP contribution is -2.36. The van der Waals surface area contributed by atoms with E-state index in [4.69, 9.17) is 4.74 Å². The van der Waals surface area contributed by atoms with Crippen molar-refractivity contribution in [3.8, 4) is 5.75 Å². The predicted molar refractivity (Wildman–Crippen MR) is 87.8 cm³/mol. The van der Waals surface area contributed by atoms with Crippen LogP contribution in [0.4, 0.5) is 4.79 Å². The first kappa shape index (κ1) is 16.8. The highest BCUT2D eigenvalue weighted by Crippen LogP contribution is 2.20. The molecule has 1 aromatic carbocycles. The first-order valence-corrected chi connectivity index (χ1v) is 7.50. The number of hydrogen-bond acceptors (Lipinski definition) is 4. The Bertz CT molecular complexity index is 651. The van der Waals surface area contributed by atoms with Gasteiger partial charge in [-0.1, -0.05) is 24.3 Å². The van der Waals surface area contributed by atoms with E-state index in [0.29, 0.717) is 12.1 Å². The van der Waals surface area contributed by atoms with Gasteiger partial charge in [0.25, 0.3) is 0 Å². The minimum Gasteiger partial charge on any atom is -0.508 e. The van der Waals surface area contributed by atoms with Gasteiger partial charge in [0.05, 0.1) is 18.8 Å². The molecule has 2 rings (SSSR count). The van der Waals surface area contributed by atoms with Crippen LogP contribution in [0.25, 0.3) is 0 Å². The van der Waals surface area contributed by atoms with Crippen molar-refractivity contribution in [1.82, 2.24) is 9.88 Å². The maximum Gasteiger partial charge on any atom is 0.410 e. The topological polar surface area (TPSA) is 62.7 Å². The summed E-state index contributed by atoms with van der Waals surface area (Å²) >= 11 is 0. The van der Waals surface area contributed by atoms with E-state index in [2.05, 4.69) is 4.98 Å². The minimum absolute atomic E-state index is 0.155. The number of phenols is 1. The lowest BCUT2D eigenvalue weighted by atomic mass is 10.2. The summed E-state index contributed by atoms with van der Waals surface area (Å²) in [5.74, 6) is 0.155. The number of aromatic hydroxyl groups is 1. The normalized spacial score (nSPS) is 11.1. The van der Waals surface area contributed by atoms with Crippen LogP contribution >= 0.6 is 0 Å². The van der Waals surface area contributed by atoms with Crippen molar-refractivity contribution in [1.29, 1.82) is 0 Å². The van der Waals surface area contributed by atoms with E-state index in [0.717, 1.165) is 5.69 Å². The average molecular weight is 314 g/mol. The summed E-state index contributed by atoms with van der Waals surface area (Å²) in [5, 5.41) is 9.95. The quantitative estimate of drug-likeness (QED) is 0.934. The summed E-state index contributed by atoms with van der Waals surface area (Å²) < 4.78 is 5.46. The smallest absolute Gasteiger partial charge is 0.410 e. The van der Waals surface area contributed by atoms with Gasteiger partial charge in [0.1, 0.15) is 11.4 Å². The highest BCUT2D eigenvalue weighted by atomic mass is 16.6. The number of hydrogen-bond donors (Lipinski definition) is 1. The van der Waals surface area contributed by atoms with Crippen molar-refractivity contribution in [2.24, 2.45) is 0 Å². The average Bonchev–Trinajstić information content (AvgIpc) is 2.48. The number of rotatable bonds is 4. The highest BCUT2D eigenvalue weighted by molar-refractivity contribution is 5.68. The Morgan fingerprint density at radius 2 is 1.83 bits per heavy atom. The summed E-state index contributed by atoms with van der Waals surface area (Å²) in [6.07, 6.45) is 1.24. The molecule has 0 unspecified atom stereocenters. The molecule has 23 heavy (non-hydrogen) atoms. The van der Waals surface area contributed by atoms with Crippen LogP contribution in [-0.2, 0) is 17.8 Å². The molecule has 2 aromatic rings. The van der Waals surface area contributed by atoms with Gasteiger partial charge in [0.15, 0.2) is 0 Å². The molecular weight excluding hydrogens is 292 g/mol. The van der Waals surface area contributed by atoms with E-state index < -0.39 is 11.7 Å². The largest absolute Gasteiger partial charge is 0.508 e. The Morgan fingerprint density at radius 3 is 2.43 bits per heavy atom. The van der Waals surface area contributed by atoms with Gasteiger partial charge in [-0.25, -0.2) is 4.79 Å². The molecule has 1 heterocycles. The molecule has 1 N–H and O–H groups in total. The summed E-state index contributed by atoms with van der Waals surface area (Å²) in [5.41, 5.74) is 0.834. The molecule has 5 heteroatoms. The molecule has 0 radical (unpaired) electrons. The van der Waals surface area contributed by atoms with E-state index in [1.807, 2.05) is 45.0 Å². The predicted octanol–water partition coefficient (Wildman–Crippen LogP) is 3.72. The third kappa shape index (κ3) is 5.29. The molecule has 0 saturated heterocycles. The van der Waals surface area contributed by atoms with Crippen molar-refractivity contribution < 1.29 is 14.6 Å². The standard InChI is InChI=1S/C18H22N2O3/c1-18(2,3)23-17(22)20(13-15-9-6-7-11-19-15)12-14-8-4-5-10-16(14)21/h4-11,21H,12-13H2,1-3H3. The third-order valence-electron chi connectivity index (χ3n) is 3.08. The van der Waals surface area contributed by atoms with E-state index in [9.17, 15) is 9.90 Å². The molecular formula is C18H22N2O3. The van der Waals surface area contributed by atoms with E-state index in [-0.39, 0.29) is 12.3 Å². The number of pyridine rings is 1. The first-order chi connectivity index (χ1) is 10.8. The van der Waals surface area contributed by atoms with Crippen molar-refractivity contribution >= 4 is 6.09 Å². The Balaban J connectivity index is 2.20. The van der Waals surface area contributed by atoms with E-state index in [1.54, 1.807) is 24.4 Å². The number of amides is 1. The minimum atomic E-state index is -0.585. The SMILES string of the molecule is CC(C)(C)OC(=O)N(Cc1ccccn1)Cc1ccccc1O. The molecule has 1 aromatic heterocycles. The summed E-state index contributed by atoms with van der Waals surface area (Å²) in [4.78, 5) is 18.3. The fourth-order valence-corrected chi connectivity index (χ4v) is 2.05. The van der Waals surface area contributed by atoms with Crippen LogP contribution in [-0.4, -0.2) is 26.7 Å². The van der Waals surface area contributed by atoms with Crippen LogP contribution in [0.5, 0.6) is 5.75 Å². The van der Waals surface area contributed by atoms with Gasteiger partial charge < -0.3 is 9.84 Å². The lowest BCUT2D eigenvalue weighted by molar-refractivity contribution is 0.0213. The number of benzene rings is 1. The van der Waals surface area contributed by atoms with Crippen molar-refractivity contribution in [3.05, 3.63) is 59.9 Å². The van der Waals surface area contributed by atoms with Crippen molar-refractivity contribution in [2.75, 3.05) is 0 Å². The zero-order valence-electron chi connectivity index (χ0n) is 13.7. The monoisotopic (exact) mass is 314 g/mol. The second-order valence-electron chi connectivity index (χ2n) is 6.29. The van der Waals surface area contributed by atoms with Crippen LogP contribution in [0.1, 0.15) is 32.0 Å². The van der Waals surface area contributed by atoms with Gasteiger partial charge in [-0.2, -0.15) is 0 Å². The molecule has 122 valence electrons. The number of carbonyl (C=O) groups is 1. The Morgan fingerprint density at radius 1 is 1.13 bits per heavy atom. The van der Waals surface area contributed by atoms with Gasteiger partial charge in [-0.3, -0.25) is 9.88 Å². The summed E-state index contributed by atoms with van der Waals surface area (Å²) in [7, 11) is 0. The second kappa shape index (κ2) is 7.13. The van der Waals surface area contributed by atoms with Crippen molar-refractivity contribution in [3.63, 3.8) is 0 Å². The fraction of sp³-hybridized carbons (Fsp3) is 0.333. The molecule has 0 aliphatic carbocycles. The number of para-hydroxylation sites is 1. The van der Waals surface area contributed by atoms with Gasteiger partial charge in [0.2, 0.25) is 0 Å². The number of aromatic nitrogens is 1. The van der Waals surface area contributed by atoms with Gasteiger partial charge >= 0.3 is 6.09 Å². The molecule has 0 fully saturated rings. The Kier molecular flexibility index (Phi) is 5.21. The van der Waals surface area contributed by atoms with Crippen LogP contribution in [0.15, 0.2) is 48.7 Å². The molecule has 0 bridgehead atoms. The third-order valence-corrected chi connectivity index (χ3v) is 3.08. The second-order valence-corrected chi connectivity index (χ2v) is 6.29. The molecule has 0 aliphatic heterocycles. The number of nitrogens with zero attached hydrogens (tertiary/aromatic N) is 2. The zero-order valence-corrected chi connectivity index (χ0v) is 13.7. The maximum atomic E-state index is 12.5. The number of phenolic OH excluding ortho intramolecular Hbond substituents is 1. The van der Waals surface area contributed by atoms with Crippen LogP contribution < -0.4 is 0 Å². The Labute approximate surface area is 136 Å². The van der Waals surface area contributed by atoms with Crippen LogP contribution in [0.2, 0.25) is 0 Å². The Hall–Kier alpha value is -2.56. The highest BCUT2D eigenvalue weighted by Gasteiger charge is 2.23. The zero-order chi connectivity index (χ0) is 16.9. The first-order valence-electron chi connectivity index (χ1n) is 7.50. The van der Waals surface area contributed by atoms with Gasteiger partial charge in [-0.05, 0) is 39.0 Å². The van der Waals surface area contributed by atoms with E-state index >= 15 is 0 Å². The molecule has 5 nitrogen and oxygen atoms in total. The summed E-state index contributed by atoms with van der Waals surface area (Å²) in [6.45, 7) is 6.03. The molecule has 0 atom stereocenters. The molecule has 1 amide bonds.